The predicted octanol–water partition coefficient (Wildman–Crippen LogP) is 3.39. The second kappa shape index (κ2) is 7.17. The van der Waals surface area contributed by atoms with Gasteiger partial charge in [0, 0.05) is 23.6 Å². The highest BCUT2D eigenvalue weighted by Gasteiger charge is 2.22. The zero-order chi connectivity index (χ0) is 13.6. The van der Waals surface area contributed by atoms with Gasteiger partial charge in [-0.3, -0.25) is 4.90 Å². The minimum atomic E-state index is 0.0333. The summed E-state index contributed by atoms with van der Waals surface area (Å²) in [6, 6.07) is 8.78. The molecule has 0 heterocycles. The Labute approximate surface area is 115 Å². The third-order valence-corrected chi connectivity index (χ3v) is 4.31. The number of rotatable bonds is 7. The average Bonchev–Trinajstić information content (AvgIpc) is 2.32. The highest BCUT2D eigenvalue weighted by Crippen LogP contribution is 2.21. The molecule has 0 amide bonds. The molecule has 0 bridgehead atoms. The van der Waals surface area contributed by atoms with E-state index in [-0.39, 0.29) is 12.1 Å². The first-order valence-corrected chi connectivity index (χ1v) is 7.52. The van der Waals surface area contributed by atoms with Crippen LogP contribution in [0.25, 0.3) is 0 Å². The van der Waals surface area contributed by atoms with Crippen molar-refractivity contribution in [1.82, 2.24) is 4.90 Å². The molecule has 3 heteroatoms. The molecular weight excluding hydrogens is 242 g/mol. The molecule has 0 aromatic heterocycles. The van der Waals surface area contributed by atoms with Gasteiger partial charge in [-0.1, -0.05) is 19.1 Å². The average molecular weight is 267 g/mol. The second-order valence-electron chi connectivity index (χ2n) is 5.22. The topological polar surface area (TPSA) is 23.5 Å². The Morgan fingerprint density at radius 2 is 1.83 bits per heavy atom. The van der Waals surface area contributed by atoms with Gasteiger partial charge in [-0.05, 0) is 50.8 Å². The van der Waals surface area contributed by atoms with Crippen LogP contribution in [0.4, 0.5) is 0 Å². The lowest BCUT2D eigenvalue weighted by Gasteiger charge is -2.35. The summed E-state index contributed by atoms with van der Waals surface area (Å²) in [5.41, 5.74) is 1.36. The lowest BCUT2D eigenvalue weighted by molar-refractivity contribution is 0.110. The van der Waals surface area contributed by atoms with E-state index < -0.39 is 0 Å². The molecular formula is C15H25NOS. The van der Waals surface area contributed by atoms with E-state index in [2.05, 4.69) is 57.0 Å². The van der Waals surface area contributed by atoms with Crippen LogP contribution in [0.1, 0.15) is 32.8 Å². The third kappa shape index (κ3) is 4.63. The van der Waals surface area contributed by atoms with Gasteiger partial charge in [0.2, 0.25) is 0 Å². The molecule has 0 unspecified atom stereocenters. The van der Waals surface area contributed by atoms with Crippen molar-refractivity contribution in [3.05, 3.63) is 29.8 Å². The summed E-state index contributed by atoms with van der Waals surface area (Å²) in [5.74, 6) is 1.11. The zero-order valence-corrected chi connectivity index (χ0v) is 12.8. The van der Waals surface area contributed by atoms with E-state index in [4.69, 9.17) is 5.11 Å². The summed E-state index contributed by atoms with van der Waals surface area (Å²) >= 11 is 1.87. The second-order valence-corrected chi connectivity index (χ2v) is 6.56. The number of hydrogen-bond acceptors (Lipinski definition) is 3. The number of benzene rings is 1. The molecule has 0 aliphatic carbocycles. The Balaban J connectivity index is 2.61. The molecule has 0 aliphatic rings. The van der Waals surface area contributed by atoms with Crippen LogP contribution in [0.2, 0.25) is 0 Å². The lowest BCUT2D eigenvalue weighted by atomic mass is 9.98. The van der Waals surface area contributed by atoms with Crippen LogP contribution < -0.4 is 0 Å². The molecule has 102 valence electrons. The maximum atomic E-state index is 9.08. The van der Waals surface area contributed by atoms with E-state index in [1.807, 2.05) is 11.8 Å². The molecule has 0 aliphatic heterocycles. The van der Waals surface area contributed by atoms with Gasteiger partial charge < -0.3 is 5.11 Å². The Bertz CT molecular complexity index is 348. The number of nitrogens with zero attached hydrogens (tertiary/aromatic N) is 1. The zero-order valence-electron chi connectivity index (χ0n) is 11.9. The van der Waals surface area contributed by atoms with Crippen molar-refractivity contribution in [3.8, 4) is 0 Å². The highest BCUT2D eigenvalue weighted by molar-refractivity contribution is 7.99. The van der Waals surface area contributed by atoms with Crippen LogP contribution >= 0.6 is 11.8 Å². The van der Waals surface area contributed by atoms with E-state index in [0.29, 0.717) is 0 Å². The molecule has 1 rings (SSSR count). The van der Waals surface area contributed by atoms with E-state index in [1.165, 1.54) is 10.5 Å². The van der Waals surface area contributed by atoms with E-state index >= 15 is 0 Å². The lowest BCUT2D eigenvalue weighted by Crippen LogP contribution is -2.41. The fourth-order valence-electron chi connectivity index (χ4n) is 1.81. The van der Waals surface area contributed by atoms with Crippen molar-refractivity contribution in [1.29, 1.82) is 0 Å². The van der Waals surface area contributed by atoms with Gasteiger partial charge in [0.05, 0.1) is 0 Å². The van der Waals surface area contributed by atoms with Crippen LogP contribution in [0.5, 0.6) is 0 Å². The molecule has 0 atom stereocenters. The largest absolute Gasteiger partial charge is 0.396 e. The molecule has 1 N–H and O–H groups in total. The minimum absolute atomic E-state index is 0.0333. The van der Waals surface area contributed by atoms with E-state index in [9.17, 15) is 0 Å². The molecule has 0 spiro atoms. The predicted molar refractivity (Wildman–Crippen MR) is 80.1 cm³/mol. The maximum absolute atomic E-state index is 9.08. The number of thioether (sulfide) groups is 1. The minimum Gasteiger partial charge on any atom is -0.396 e. The van der Waals surface area contributed by atoms with E-state index in [1.54, 1.807) is 0 Å². The fraction of sp³-hybridized carbons (Fsp3) is 0.600. The van der Waals surface area contributed by atoms with Gasteiger partial charge in [-0.2, -0.15) is 0 Å². The number of aliphatic hydroxyl groups excluding tert-OH is 1. The Morgan fingerprint density at radius 1 is 1.22 bits per heavy atom. The summed E-state index contributed by atoms with van der Waals surface area (Å²) in [7, 11) is 2.12. The Kier molecular flexibility index (Phi) is 6.19. The van der Waals surface area contributed by atoms with Crippen LogP contribution in [0.15, 0.2) is 29.2 Å². The first kappa shape index (κ1) is 15.5. The first-order valence-electron chi connectivity index (χ1n) is 6.53. The summed E-state index contributed by atoms with van der Waals surface area (Å²) in [4.78, 5) is 3.63. The van der Waals surface area contributed by atoms with Gasteiger partial charge in [0.15, 0.2) is 0 Å². The van der Waals surface area contributed by atoms with Crippen molar-refractivity contribution in [2.45, 2.75) is 44.2 Å². The summed E-state index contributed by atoms with van der Waals surface area (Å²) in [6.07, 6.45) is 0.799. The molecule has 0 fully saturated rings. The molecule has 0 radical (unpaired) electrons. The van der Waals surface area contributed by atoms with Gasteiger partial charge in [0.1, 0.15) is 0 Å². The summed E-state index contributed by atoms with van der Waals surface area (Å²) in [6.45, 7) is 7.67. The highest BCUT2D eigenvalue weighted by atomic mass is 32.2. The summed E-state index contributed by atoms with van der Waals surface area (Å²) in [5, 5.41) is 9.08. The molecule has 0 saturated carbocycles. The van der Waals surface area contributed by atoms with Crippen LogP contribution in [-0.4, -0.2) is 35.0 Å². The van der Waals surface area contributed by atoms with Gasteiger partial charge in [-0.25, -0.2) is 0 Å². The standard InChI is InChI=1S/C15H25NOS/c1-5-18-14-8-6-13(7-9-14)12-16(4)15(2,3)10-11-17/h6-9,17H,5,10-12H2,1-4H3. The monoisotopic (exact) mass is 267 g/mol. The Morgan fingerprint density at radius 3 is 2.33 bits per heavy atom. The van der Waals surface area contributed by atoms with Gasteiger partial charge in [0.25, 0.3) is 0 Å². The molecule has 2 nitrogen and oxygen atoms in total. The van der Waals surface area contributed by atoms with Crippen LogP contribution in [-0.2, 0) is 6.54 Å². The number of aliphatic hydroxyl groups is 1. The quantitative estimate of drug-likeness (QED) is 0.766. The van der Waals surface area contributed by atoms with E-state index in [0.717, 1.165) is 18.7 Å². The van der Waals surface area contributed by atoms with Crippen molar-refractivity contribution in [2.24, 2.45) is 0 Å². The third-order valence-electron chi connectivity index (χ3n) is 3.41. The SMILES string of the molecule is CCSc1ccc(CN(C)C(C)(C)CCO)cc1. The smallest absolute Gasteiger partial charge is 0.0448 e. The number of hydrogen-bond donors (Lipinski definition) is 1. The van der Waals surface area contributed by atoms with Crippen molar-refractivity contribution in [3.63, 3.8) is 0 Å². The van der Waals surface area contributed by atoms with Crippen LogP contribution in [0, 0.1) is 0 Å². The fourth-order valence-corrected chi connectivity index (χ4v) is 2.47. The van der Waals surface area contributed by atoms with Gasteiger partial charge in [-0.15, -0.1) is 11.8 Å². The van der Waals surface area contributed by atoms with Crippen molar-refractivity contribution in [2.75, 3.05) is 19.4 Å². The molecule has 0 saturated heterocycles. The maximum Gasteiger partial charge on any atom is 0.0448 e. The summed E-state index contributed by atoms with van der Waals surface area (Å²) < 4.78 is 0. The molecule has 18 heavy (non-hydrogen) atoms. The van der Waals surface area contributed by atoms with Gasteiger partial charge >= 0.3 is 0 Å². The van der Waals surface area contributed by atoms with Crippen molar-refractivity contribution < 1.29 is 5.11 Å². The first-order chi connectivity index (χ1) is 8.49. The Hall–Kier alpha value is -0.510. The van der Waals surface area contributed by atoms with Crippen molar-refractivity contribution >= 4 is 11.8 Å². The molecule has 1 aromatic carbocycles. The van der Waals surface area contributed by atoms with Crippen LogP contribution in [0.3, 0.4) is 0 Å². The molecule has 1 aromatic rings. The normalized spacial score (nSPS) is 12.1.